The number of carbonyl (C=O) groups excluding carboxylic acids is 4. The van der Waals surface area contributed by atoms with Gasteiger partial charge in [0.2, 0.25) is 11.8 Å². The Morgan fingerprint density at radius 2 is 1.88 bits per heavy atom. The zero-order valence-electron chi connectivity index (χ0n) is 27.4. The van der Waals surface area contributed by atoms with Gasteiger partial charge in [-0.1, -0.05) is 61.0 Å². The van der Waals surface area contributed by atoms with Crippen LogP contribution in [-0.2, 0) is 28.7 Å². The monoisotopic (exact) mass is 677 g/mol. The number of likely N-dealkylation sites (tertiary alicyclic amines) is 1. The van der Waals surface area contributed by atoms with Crippen molar-refractivity contribution >= 4 is 41.0 Å². The summed E-state index contributed by atoms with van der Waals surface area (Å²) >= 11 is 6.14. The van der Waals surface area contributed by atoms with Crippen LogP contribution in [-0.4, -0.2) is 76.7 Å². The first-order valence-electron chi connectivity index (χ1n) is 16.6. The molecule has 0 aromatic heterocycles. The molecule has 256 valence electrons. The number of allylic oxidation sites excluding steroid dienone is 1. The van der Waals surface area contributed by atoms with Gasteiger partial charge in [0.25, 0.3) is 5.91 Å². The normalized spacial score (nSPS) is 25.9. The summed E-state index contributed by atoms with van der Waals surface area (Å²) in [5.74, 6) is -3.64. The van der Waals surface area contributed by atoms with Crippen LogP contribution in [0.1, 0.15) is 57.6 Å². The lowest BCUT2D eigenvalue weighted by Gasteiger charge is -2.39. The summed E-state index contributed by atoms with van der Waals surface area (Å²) in [5, 5.41) is 13.8. The number of esters is 1. The molecule has 10 nitrogen and oxygen atoms in total. The molecule has 0 saturated carbocycles. The Balaban J connectivity index is 1.49. The Kier molecular flexibility index (Phi) is 11.1. The Bertz CT molecular complexity index is 1510. The maximum atomic E-state index is 14.7. The lowest BCUT2D eigenvalue weighted by Crippen LogP contribution is -2.59. The number of amides is 3. The summed E-state index contributed by atoms with van der Waals surface area (Å²) < 4.78 is 12.8. The average Bonchev–Trinajstić information content (AvgIpc) is 3.74. The van der Waals surface area contributed by atoms with Crippen molar-refractivity contribution in [2.45, 2.75) is 81.9 Å². The van der Waals surface area contributed by atoms with Crippen LogP contribution in [0.3, 0.4) is 0 Å². The molecule has 11 heteroatoms. The number of rotatable bonds is 15. The number of aliphatic hydroxyl groups is 1. The SMILES string of the molecule is C=CCCC(=O)N[C@H](C)[C@@H](OC(=O)[C@@H]1[C@@H]2CC[C@]3(O2)[C@H](C(=O)N(CC=C)c2ccc(Cl)cc2)N([C@@H](CC)CO)C(=O)[C@@H]13)c1ccccc1. The van der Waals surface area contributed by atoms with Gasteiger partial charge in [0.15, 0.2) is 0 Å². The quantitative estimate of drug-likeness (QED) is 0.206. The lowest BCUT2D eigenvalue weighted by molar-refractivity contribution is -0.162. The van der Waals surface area contributed by atoms with Gasteiger partial charge < -0.3 is 29.7 Å². The van der Waals surface area contributed by atoms with E-state index in [0.717, 1.165) is 0 Å². The summed E-state index contributed by atoms with van der Waals surface area (Å²) in [7, 11) is 0. The number of hydrogen-bond acceptors (Lipinski definition) is 7. The van der Waals surface area contributed by atoms with Crippen LogP contribution in [0.15, 0.2) is 79.9 Å². The number of hydrogen-bond donors (Lipinski definition) is 2. The van der Waals surface area contributed by atoms with Crippen molar-refractivity contribution in [1.29, 1.82) is 0 Å². The van der Waals surface area contributed by atoms with Gasteiger partial charge in [-0.15, -0.1) is 13.2 Å². The Morgan fingerprint density at radius 1 is 1.17 bits per heavy atom. The maximum Gasteiger partial charge on any atom is 0.313 e. The van der Waals surface area contributed by atoms with Crippen molar-refractivity contribution in [2.75, 3.05) is 18.1 Å². The van der Waals surface area contributed by atoms with Crippen LogP contribution in [0, 0.1) is 11.8 Å². The van der Waals surface area contributed by atoms with E-state index < -0.39 is 65.6 Å². The molecule has 3 amide bonds. The summed E-state index contributed by atoms with van der Waals surface area (Å²) in [6.45, 7) is 10.9. The van der Waals surface area contributed by atoms with Gasteiger partial charge in [-0.2, -0.15) is 0 Å². The molecule has 1 spiro atoms. The third-order valence-electron chi connectivity index (χ3n) is 9.83. The number of aliphatic hydroxyl groups excluding tert-OH is 1. The van der Waals surface area contributed by atoms with Crippen molar-refractivity contribution in [3.8, 4) is 0 Å². The van der Waals surface area contributed by atoms with E-state index >= 15 is 0 Å². The van der Waals surface area contributed by atoms with Gasteiger partial charge >= 0.3 is 5.97 Å². The van der Waals surface area contributed by atoms with E-state index in [0.29, 0.717) is 42.0 Å². The minimum Gasteiger partial charge on any atom is -0.455 e. The highest BCUT2D eigenvalue weighted by Gasteiger charge is 2.75. The zero-order valence-corrected chi connectivity index (χ0v) is 28.2. The number of halogens is 1. The first-order chi connectivity index (χ1) is 23.1. The minimum absolute atomic E-state index is 0.153. The van der Waals surface area contributed by atoms with Crippen LogP contribution >= 0.6 is 11.6 Å². The van der Waals surface area contributed by atoms with Crippen LogP contribution in [0.2, 0.25) is 5.02 Å². The predicted octanol–water partition coefficient (Wildman–Crippen LogP) is 4.76. The molecule has 3 fully saturated rings. The number of nitrogens with one attached hydrogen (secondary N) is 1. The van der Waals surface area contributed by atoms with Crippen molar-refractivity contribution in [3.05, 3.63) is 90.5 Å². The van der Waals surface area contributed by atoms with E-state index in [1.807, 2.05) is 37.3 Å². The number of ether oxygens (including phenoxy) is 2. The summed E-state index contributed by atoms with van der Waals surface area (Å²) in [6, 6.07) is 13.6. The van der Waals surface area contributed by atoms with Crippen molar-refractivity contribution in [2.24, 2.45) is 11.8 Å². The van der Waals surface area contributed by atoms with Crippen LogP contribution in [0.25, 0.3) is 0 Å². The Morgan fingerprint density at radius 3 is 2.50 bits per heavy atom. The summed E-state index contributed by atoms with van der Waals surface area (Å²) in [6.07, 6.45) is 3.73. The van der Waals surface area contributed by atoms with Crippen molar-refractivity contribution in [1.82, 2.24) is 10.2 Å². The molecule has 0 unspecified atom stereocenters. The fourth-order valence-corrected chi connectivity index (χ4v) is 7.73. The largest absolute Gasteiger partial charge is 0.455 e. The zero-order chi connectivity index (χ0) is 34.6. The molecule has 48 heavy (non-hydrogen) atoms. The van der Waals surface area contributed by atoms with E-state index in [4.69, 9.17) is 21.1 Å². The van der Waals surface area contributed by atoms with Crippen LogP contribution in [0.4, 0.5) is 5.69 Å². The fraction of sp³-hybridized carbons (Fsp3) is 0.459. The van der Waals surface area contributed by atoms with Crippen molar-refractivity contribution < 1.29 is 33.8 Å². The Hall–Kier alpha value is -3.99. The molecule has 3 aliphatic heterocycles. The van der Waals surface area contributed by atoms with Crippen molar-refractivity contribution in [3.63, 3.8) is 0 Å². The molecular weight excluding hydrogens is 634 g/mol. The van der Waals surface area contributed by atoms with E-state index in [1.165, 1.54) is 9.80 Å². The fourth-order valence-electron chi connectivity index (χ4n) is 7.61. The summed E-state index contributed by atoms with van der Waals surface area (Å²) in [5.41, 5.74) is -0.0566. The third kappa shape index (κ3) is 6.53. The molecule has 3 heterocycles. The standard InChI is InChI=1S/C37H44ClN3O7/c1-5-8-14-29(43)39-23(4)32(24-12-10-9-11-13-24)47-36(46)30-28-19-20-37(48-28)31(30)34(44)41(26(7-3)22-42)33(37)35(45)40(21-6-2)27-17-15-25(38)16-18-27/h5-6,9-13,15-18,23,26,28,30-33,42H,1-2,7-8,14,19-22H2,3-4H3,(H,39,43)/t23-,26+,28+,30-,31-,32-,33+,37-/m1/s1. The number of benzene rings is 2. The molecule has 5 rings (SSSR count). The van der Waals surface area contributed by atoms with Crippen LogP contribution < -0.4 is 10.2 Å². The molecular formula is C37H44ClN3O7. The number of anilines is 1. The van der Waals surface area contributed by atoms with Gasteiger partial charge in [-0.3, -0.25) is 19.2 Å². The number of nitrogens with zero attached hydrogens (tertiary/aromatic N) is 2. The first kappa shape index (κ1) is 35.3. The molecule has 2 aromatic rings. The molecule has 3 aliphatic rings. The molecule has 2 aromatic carbocycles. The molecule has 2 N–H and O–H groups in total. The lowest BCUT2D eigenvalue weighted by atomic mass is 9.70. The molecule has 3 saturated heterocycles. The van der Waals surface area contributed by atoms with E-state index in [9.17, 15) is 24.3 Å². The number of fused-ring (bicyclic) bond motifs is 1. The second-order valence-electron chi connectivity index (χ2n) is 12.7. The highest BCUT2D eigenvalue weighted by molar-refractivity contribution is 6.30. The van der Waals surface area contributed by atoms with Crippen LogP contribution in [0.5, 0.6) is 0 Å². The van der Waals surface area contributed by atoms with Gasteiger partial charge in [0, 0.05) is 23.7 Å². The number of carbonyl (C=O) groups is 4. The van der Waals surface area contributed by atoms with Gasteiger partial charge in [0.05, 0.1) is 36.6 Å². The topological polar surface area (TPSA) is 125 Å². The third-order valence-corrected chi connectivity index (χ3v) is 10.1. The van der Waals surface area contributed by atoms with Gasteiger partial charge in [-0.05, 0) is 62.4 Å². The highest BCUT2D eigenvalue weighted by Crippen LogP contribution is 2.59. The first-order valence-corrected chi connectivity index (χ1v) is 16.9. The minimum atomic E-state index is -1.30. The van der Waals surface area contributed by atoms with E-state index in [2.05, 4.69) is 18.5 Å². The van der Waals surface area contributed by atoms with Gasteiger partial charge in [-0.25, -0.2) is 0 Å². The Labute approximate surface area is 286 Å². The molecule has 0 aliphatic carbocycles. The smallest absolute Gasteiger partial charge is 0.313 e. The maximum absolute atomic E-state index is 14.7. The molecule has 2 bridgehead atoms. The van der Waals surface area contributed by atoms with Gasteiger partial charge in [0.1, 0.15) is 17.7 Å². The second-order valence-corrected chi connectivity index (χ2v) is 13.1. The average molecular weight is 678 g/mol. The molecule has 8 atom stereocenters. The van der Waals surface area contributed by atoms with E-state index in [-0.39, 0.29) is 25.5 Å². The predicted molar refractivity (Wildman–Crippen MR) is 182 cm³/mol. The van der Waals surface area contributed by atoms with E-state index in [1.54, 1.807) is 43.3 Å². The summed E-state index contributed by atoms with van der Waals surface area (Å²) in [4.78, 5) is 59.1. The molecule has 0 radical (unpaired) electrons. The second kappa shape index (κ2) is 15.1. The highest BCUT2D eigenvalue weighted by atomic mass is 35.5.